The number of amides is 1. The van der Waals surface area contributed by atoms with Crippen molar-refractivity contribution in [1.82, 2.24) is 4.90 Å². The van der Waals surface area contributed by atoms with Crippen LogP contribution >= 0.6 is 0 Å². The van der Waals surface area contributed by atoms with Crippen molar-refractivity contribution in [3.8, 4) is 0 Å². The van der Waals surface area contributed by atoms with Crippen LogP contribution in [0.3, 0.4) is 0 Å². The summed E-state index contributed by atoms with van der Waals surface area (Å²) >= 11 is 0. The van der Waals surface area contributed by atoms with Gasteiger partial charge in [0.15, 0.2) is 0 Å². The zero-order chi connectivity index (χ0) is 15.0. The molecule has 1 saturated heterocycles. The molecule has 0 aromatic heterocycles. The van der Waals surface area contributed by atoms with Crippen LogP contribution in [0.5, 0.6) is 0 Å². The van der Waals surface area contributed by atoms with Crippen molar-refractivity contribution in [3.05, 3.63) is 0 Å². The van der Waals surface area contributed by atoms with E-state index in [-0.39, 0.29) is 23.7 Å². The van der Waals surface area contributed by atoms with Crippen molar-refractivity contribution in [3.63, 3.8) is 0 Å². The fraction of sp³-hybridized carbons (Fsp3) is 0.933. The normalized spacial score (nSPS) is 34.0. The van der Waals surface area contributed by atoms with E-state index in [0.29, 0.717) is 13.2 Å². The third kappa shape index (κ3) is 2.93. The molecule has 5 heteroatoms. The van der Waals surface area contributed by atoms with Crippen LogP contribution in [-0.2, 0) is 9.47 Å². The lowest BCUT2D eigenvalue weighted by molar-refractivity contribution is -0.149. The quantitative estimate of drug-likeness (QED) is 0.843. The fourth-order valence-corrected chi connectivity index (χ4v) is 3.37. The molecule has 0 aromatic rings. The van der Waals surface area contributed by atoms with Gasteiger partial charge in [-0.1, -0.05) is 0 Å². The van der Waals surface area contributed by atoms with Gasteiger partial charge in [0.1, 0.15) is 5.60 Å². The van der Waals surface area contributed by atoms with Crippen LogP contribution in [0, 0.1) is 5.41 Å². The van der Waals surface area contributed by atoms with Gasteiger partial charge in [-0.05, 0) is 47.0 Å². The van der Waals surface area contributed by atoms with E-state index in [2.05, 4.69) is 0 Å². The van der Waals surface area contributed by atoms with Crippen LogP contribution in [-0.4, -0.2) is 48.4 Å². The summed E-state index contributed by atoms with van der Waals surface area (Å²) in [5, 5.41) is 0. The number of piperidine rings is 1. The van der Waals surface area contributed by atoms with Gasteiger partial charge in [-0.2, -0.15) is 0 Å². The summed E-state index contributed by atoms with van der Waals surface area (Å²) in [5.74, 6) is 0. The molecule has 0 unspecified atom stereocenters. The summed E-state index contributed by atoms with van der Waals surface area (Å²) in [5.41, 5.74) is 5.72. The van der Waals surface area contributed by atoms with E-state index in [1.165, 1.54) is 0 Å². The minimum Gasteiger partial charge on any atom is -0.444 e. The SMILES string of the molecule is CCO[C@@H]1C[C@H](N)[C@@]12CCCN(C(=O)OC(C)(C)C)C2. The van der Waals surface area contributed by atoms with Crippen LogP contribution < -0.4 is 5.73 Å². The molecule has 1 aliphatic heterocycles. The molecule has 2 rings (SSSR count). The molecule has 2 fully saturated rings. The third-order valence-corrected chi connectivity index (χ3v) is 4.42. The topological polar surface area (TPSA) is 64.8 Å². The molecule has 20 heavy (non-hydrogen) atoms. The van der Waals surface area contributed by atoms with E-state index >= 15 is 0 Å². The average Bonchev–Trinajstić information content (AvgIpc) is 2.37. The summed E-state index contributed by atoms with van der Waals surface area (Å²) in [4.78, 5) is 14.0. The monoisotopic (exact) mass is 284 g/mol. The highest BCUT2D eigenvalue weighted by Gasteiger charge is 2.56. The second kappa shape index (κ2) is 5.53. The van der Waals surface area contributed by atoms with Gasteiger partial charge in [-0.3, -0.25) is 0 Å². The van der Waals surface area contributed by atoms with Gasteiger partial charge >= 0.3 is 6.09 Å². The number of hydrogen-bond donors (Lipinski definition) is 1. The Morgan fingerprint density at radius 3 is 2.70 bits per heavy atom. The molecule has 1 amide bonds. The zero-order valence-electron chi connectivity index (χ0n) is 13.1. The number of nitrogens with zero attached hydrogens (tertiary/aromatic N) is 1. The van der Waals surface area contributed by atoms with Gasteiger partial charge < -0.3 is 20.1 Å². The Morgan fingerprint density at radius 2 is 2.15 bits per heavy atom. The molecule has 0 aromatic carbocycles. The number of ether oxygens (including phenoxy) is 2. The average molecular weight is 284 g/mol. The van der Waals surface area contributed by atoms with E-state index in [0.717, 1.165) is 25.8 Å². The molecule has 1 saturated carbocycles. The predicted octanol–water partition coefficient (Wildman–Crippen LogP) is 2.14. The first kappa shape index (κ1) is 15.6. The Balaban J connectivity index is 2.02. The van der Waals surface area contributed by atoms with Crippen molar-refractivity contribution >= 4 is 6.09 Å². The lowest BCUT2D eigenvalue weighted by Crippen LogP contribution is -2.68. The van der Waals surface area contributed by atoms with Crippen LogP contribution in [0.4, 0.5) is 4.79 Å². The Bertz CT molecular complexity index is 365. The molecular formula is C15H28N2O3. The molecule has 1 aliphatic carbocycles. The Morgan fingerprint density at radius 1 is 1.45 bits per heavy atom. The summed E-state index contributed by atoms with van der Waals surface area (Å²) < 4.78 is 11.3. The third-order valence-electron chi connectivity index (χ3n) is 4.42. The molecule has 2 N–H and O–H groups in total. The minimum atomic E-state index is -0.456. The van der Waals surface area contributed by atoms with Crippen LogP contribution in [0.25, 0.3) is 0 Å². The number of carbonyl (C=O) groups is 1. The number of nitrogens with two attached hydrogens (primary N) is 1. The van der Waals surface area contributed by atoms with Crippen molar-refractivity contribution in [1.29, 1.82) is 0 Å². The number of likely N-dealkylation sites (tertiary alicyclic amines) is 1. The molecule has 3 atom stereocenters. The highest BCUT2D eigenvalue weighted by Crippen LogP contribution is 2.48. The van der Waals surface area contributed by atoms with Gasteiger partial charge in [0.25, 0.3) is 0 Å². The molecular weight excluding hydrogens is 256 g/mol. The molecule has 5 nitrogen and oxygen atoms in total. The van der Waals surface area contributed by atoms with Gasteiger partial charge in [0, 0.05) is 31.2 Å². The van der Waals surface area contributed by atoms with E-state index in [1.807, 2.05) is 27.7 Å². The Hall–Kier alpha value is -0.810. The maximum Gasteiger partial charge on any atom is 0.410 e. The zero-order valence-corrected chi connectivity index (χ0v) is 13.1. The van der Waals surface area contributed by atoms with Crippen molar-refractivity contribution in [2.24, 2.45) is 11.1 Å². The maximum absolute atomic E-state index is 12.2. The summed E-state index contributed by atoms with van der Waals surface area (Å²) in [6.07, 6.45) is 2.86. The van der Waals surface area contributed by atoms with Gasteiger partial charge in [-0.15, -0.1) is 0 Å². The van der Waals surface area contributed by atoms with Crippen molar-refractivity contribution in [2.75, 3.05) is 19.7 Å². The van der Waals surface area contributed by atoms with Gasteiger partial charge in [0.2, 0.25) is 0 Å². The first-order chi connectivity index (χ1) is 9.28. The summed E-state index contributed by atoms with van der Waals surface area (Å²) in [6.45, 7) is 9.79. The van der Waals surface area contributed by atoms with Gasteiger partial charge in [0.05, 0.1) is 6.10 Å². The standard InChI is InChI=1S/C15H28N2O3/c1-5-19-12-9-11(16)15(12)7-6-8-17(10-15)13(18)20-14(2,3)4/h11-12H,5-10,16H2,1-4H3/t11-,12+,15-/m0/s1. The largest absolute Gasteiger partial charge is 0.444 e. The molecule has 1 heterocycles. The van der Waals surface area contributed by atoms with Crippen LogP contribution in [0.1, 0.15) is 47.0 Å². The number of rotatable bonds is 2. The van der Waals surface area contributed by atoms with Crippen molar-refractivity contribution in [2.45, 2.75) is 64.7 Å². The second-order valence-electron chi connectivity index (χ2n) is 7.02. The fourth-order valence-electron chi connectivity index (χ4n) is 3.37. The highest BCUT2D eigenvalue weighted by molar-refractivity contribution is 5.68. The maximum atomic E-state index is 12.2. The molecule has 116 valence electrons. The Labute approximate surface area is 121 Å². The van der Waals surface area contributed by atoms with Crippen LogP contribution in [0.2, 0.25) is 0 Å². The first-order valence-corrected chi connectivity index (χ1v) is 7.63. The smallest absolute Gasteiger partial charge is 0.410 e. The van der Waals surface area contributed by atoms with E-state index < -0.39 is 5.60 Å². The second-order valence-corrected chi connectivity index (χ2v) is 7.02. The number of carbonyl (C=O) groups excluding carboxylic acids is 1. The van der Waals surface area contributed by atoms with E-state index in [4.69, 9.17) is 15.2 Å². The summed E-state index contributed by atoms with van der Waals surface area (Å²) in [7, 11) is 0. The highest BCUT2D eigenvalue weighted by atomic mass is 16.6. The lowest BCUT2D eigenvalue weighted by atomic mass is 9.58. The van der Waals surface area contributed by atoms with E-state index in [9.17, 15) is 4.79 Å². The molecule has 0 bridgehead atoms. The first-order valence-electron chi connectivity index (χ1n) is 7.63. The lowest BCUT2D eigenvalue weighted by Gasteiger charge is -2.57. The van der Waals surface area contributed by atoms with Gasteiger partial charge in [-0.25, -0.2) is 4.79 Å². The minimum absolute atomic E-state index is 0.0643. The van der Waals surface area contributed by atoms with Crippen LogP contribution in [0.15, 0.2) is 0 Å². The van der Waals surface area contributed by atoms with Crippen molar-refractivity contribution < 1.29 is 14.3 Å². The molecule has 1 spiro atoms. The summed E-state index contributed by atoms with van der Waals surface area (Å²) in [6, 6.07) is 0.129. The number of hydrogen-bond acceptors (Lipinski definition) is 4. The molecule has 0 radical (unpaired) electrons. The predicted molar refractivity (Wildman–Crippen MR) is 77.5 cm³/mol. The Kier molecular flexibility index (Phi) is 4.30. The molecule has 2 aliphatic rings. The van der Waals surface area contributed by atoms with E-state index in [1.54, 1.807) is 4.90 Å².